The number of benzene rings is 3. The molecule has 0 aliphatic carbocycles. The first-order valence-electron chi connectivity index (χ1n) is 12.9. The van der Waals surface area contributed by atoms with Crippen LogP contribution in [-0.2, 0) is 17.1 Å². The molecule has 1 atom stereocenters. The fourth-order valence-corrected chi connectivity index (χ4v) is 6.38. The van der Waals surface area contributed by atoms with Crippen molar-refractivity contribution in [1.29, 1.82) is 0 Å². The Morgan fingerprint density at radius 3 is 2.51 bits per heavy atom. The summed E-state index contributed by atoms with van der Waals surface area (Å²) in [5.41, 5.74) is 1.90. The van der Waals surface area contributed by atoms with Crippen LogP contribution in [0.1, 0.15) is 46.1 Å². The Labute approximate surface area is 247 Å². The van der Waals surface area contributed by atoms with Crippen LogP contribution in [0.15, 0.2) is 70.4 Å². The van der Waals surface area contributed by atoms with Gasteiger partial charge in [0.2, 0.25) is 0 Å². The Morgan fingerprint density at radius 1 is 1.05 bits per heavy atom. The number of hydrogen-bond donors (Lipinski definition) is 2. The Hall–Kier alpha value is -3.73. The average molecular weight is 616 g/mol. The summed E-state index contributed by atoms with van der Waals surface area (Å²) >= 11 is 12.5. The van der Waals surface area contributed by atoms with Gasteiger partial charge in [-0.2, -0.15) is 0 Å². The quantitative estimate of drug-likeness (QED) is 0.296. The second kappa shape index (κ2) is 11.3. The molecular formula is C29H28Cl2N4O5S. The highest BCUT2D eigenvalue weighted by molar-refractivity contribution is 7.92. The maximum atomic E-state index is 13.5. The van der Waals surface area contributed by atoms with Crippen LogP contribution in [0.25, 0.3) is 5.69 Å². The predicted molar refractivity (Wildman–Crippen MR) is 159 cm³/mol. The van der Waals surface area contributed by atoms with Crippen molar-refractivity contribution in [2.45, 2.75) is 37.6 Å². The molecule has 0 radical (unpaired) electrons. The van der Waals surface area contributed by atoms with Gasteiger partial charge in [0.1, 0.15) is 16.5 Å². The predicted octanol–water partition coefficient (Wildman–Crippen LogP) is 5.54. The summed E-state index contributed by atoms with van der Waals surface area (Å²) < 4.78 is 38.2. The summed E-state index contributed by atoms with van der Waals surface area (Å²) in [5.74, 6) is -0.0237. The van der Waals surface area contributed by atoms with Crippen molar-refractivity contribution in [3.63, 3.8) is 0 Å². The van der Waals surface area contributed by atoms with Crippen LogP contribution in [0.3, 0.4) is 0 Å². The van der Waals surface area contributed by atoms with Crippen LogP contribution in [0.5, 0.6) is 5.75 Å². The van der Waals surface area contributed by atoms with Gasteiger partial charge < -0.3 is 10.1 Å². The number of carbonyl (C=O) groups excluding carboxylic acids is 1. The van der Waals surface area contributed by atoms with E-state index in [0.717, 1.165) is 0 Å². The van der Waals surface area contributed by atoms with Crippen molar-refractivity contribution in [2.24, 2.45) is 7.05 Å². The number of carbonyl (C=O) groups is 1. The van der Waals surface area contributed by atoms with Crippen molar-refractivity contribution < 1.29 is 17.9 Å². The number of aryl methyl sites for hydroxylation is 1. The zero-order valence-electron chi connectivity index (χ0n) is 22.6. The van der Waals surface area contributed by atoms with Crippen molar-refractivity contribution in [1.82, 2.24) is 14.7 Å². The third-order valence-electron chi connectivity index (χ3n) is 7.20. The lowest BCUT2D eigenvalue weighted by molar-refractivity contribution is 0.0934. The molecule has 2 heterocycles. The summed E-state index contributed by atoms with van der Waals surface area (Å²) in [6.07, 6.45) is 1.26. The molecule has 9 nitrogen and oxygen atoms in total. The Morgan fingerprint density at radius 2 is 1.78 bits per heavy atom. The summed E-state index contributed by atoms with van der Waals surface area (Å²) in [7, 11) is -2.55. The maximum absolute atomic E-state index is 13.5. The molecule has 0 spiro atoms. The number of hydrogen-bond acceptors (Lipinski definition) is 5. The molecule has 4 aromatic rings. The number of sulfonamides is 1. The highest BCUT2D eigenvalue weighted by Gasteiger charge is 2.27. The fourth-order valence-electron chi connectivity index (χ4n) is 4.86. The third-order valence-corrected chi connectivity index (χ3v) is 9.33. The smallest absolute Gasteiger partial charge is 0.296 e. The maximum Gasteiger partial charge on any atom is 0.296 e. The second-order valence-corrected chi connectivity index (χ2v) is 12.3. The first-order valence-corrected chi connectivity index (χ1v) is 15.1. The number of rotatable bonds is 6. The lowest BCUT2D eigenvalue weighted by Crippen LogP contribution is -2.29. The summed E-state index contributed by atoms with van der Waals surface area (Å²) in [5, 5.41) is 3.63. The van der Waals surface area contributed by atoms with E-state index in [2.05, 4.69) is 10.0 Å². The van der Waals surface area contributed by atoms with E-state index in [1.54, 1.807) is 68.0 Å². The fraction of sp³-hybridized carbons (Fsp3) is 0.241. The average Bonchev–Trinajstić information content (AvgIpc) is 3.07. The molecule has 2 N–H and O–H groups in total. The first-order chi connectivity index (χ1) is 19.5. The minimum absolute atomic E-state index is 0.0754. The van der Waals surface area contributed by atoms with Gasteiger partial charge >= 0.3 is 0 Å². The van der Waals surface area contributed by atoms with Crippen LogP contribution in [0, 0.1) is 13.8 Å². The van der Waals surface area contributed by atoms with Gasteiger partial charge in [-0.3, -0.25) is 19.0 Å². The van der Waals surface area contributed by atoms with Crippen LogP contribution in [0.2, 0.25) is 10.0 Å². The number of fused-ring (bicyclic) bond motifs is 1. The number of nitrogens with one attached hydrogen (secondary N) is 2. The van der Waals surface area contributed by atoms with Crippen LogP contribution in [0.4, 0.5) is 5.69 Å². The van der Waals surface area contributed by atoms with Gasteiger partial charge in [0.25, 0.3) is 21.5 Å². The van der Waals surface area contributed by atoms with Gasteiger partial charge in [-0.1, -0.05) is 53.5 Å². The number of halogens is 2. The molecule has 0 saturated heterocycles. The highest BCUT2D eigenvalue weighted by Crippen LogP contribution is 2.41. The molecule has 41 heavy (non-hydrogen) atoms. The van der Waals surface area contributed by atoms with Crippen molar-refractivity contribution in [2.75, 3.05) is 11.3 Å². The van der Waals surface area contributed by atoms with E-state index < -0.39 is 27.5 Å². The van der Waals surface area contributed by atoms with Gasteiger partial charge in [-0.05, 0) is 62.6 Å². The first kappa shape index (κ1) is 28.8. The monoisotopic (exact) mass is 614 g/mol. The van der Waals surface area contributed by atoms with E-state index in [-0.39, 0.29) is 21.2 Å². The lowest BCUT2D eigenvalue weighted by atomic mass is 10.0. The number of ether oxygens (including phenoxy) is 1. The van der Waals surface area contributed by atoms with E-state index in [1.165, 1.54) is 16.8 Å². The molecule has 3 aromatic carbocycles. The minimum atomic E-state index is -4.22. The van der Waals surface area contributed by atoms with E-state index in [9.17, 15) is 18.0 Å². The number of para-hydroxylation sites is 1. The van der Waals surface area contributed by atoms with Crippen LogP contribution in [-0.4, -0.2) is 30.3 Å². The molecule has 1 aliphatic rings. The lowest BCUT2D eigenvalue weighted by Gasteiger charge is -2.20. The zero-order chi connectivity index (χ0) is 29.5. The summed E-state index contributed by atoms with van der Waals surface area (Å²) in [6.45, 7) is 3.79. The highest BCUT2D eigenvalue weighted by atomic mass is 35.5. The topological polar surface area (TPSA) is 111 Å². The molecule has 1 aliphatic heterocycles. The van der Waals surface area contributed by atoms with Gasteiger partial charge in [0.15, 0.2) is 0 Å². The summed E-state index contributed by atoms with van der Waals surface area (Å²) in [4.78, 5) is 26.6. The summed E-state index contributed by atoms with van der Waals surface area (Å²) in [6, 6.07) is 16.2. The SMILES string of the molecule is Cc1ccc(S(=O)(=O)Nc2c(C)n(C)n(-c3ccccc3)c2=O)cc1C(=O)NC1CCCOc2c1ccc(Cl)c2Cl. The van der Waals surface area contributed by atoms with Gasteiger partial charge in [0.05, 0.1) is 33.9 Å². The second-order valence-electron chi connectivity index (χ2n) is 9.82. The third kappa shape index (κ3) is 5.47. The van der Waals surface area contributed by atoms with Crippen LogP contribution < -0.4 is 20.3 Å². The van der Waals surface area contributed by atoms with Gasteiger partial charge in [-0.15, -0.1) is 0 Å². The molecule has 214 valence electrons. The molecule has 12 heteroatoms. The standard InChI is InChI=1S/C29H28Cl2N4O5S/c1-17-11-12-20(41(38,39)33-26-18(2)34(3)35(29(26)37)19-8-5-4-6-9-19)16-22(17)28(36)32-24-10-7-15-40-27-21(24)13-14-23(30)25(27)31/h4-6,8-9,11-14,16,24,33H,7,10,15H2,1-3H3,(H,32,36). The molecule has 0 fully saturated rings. The number of aromatic nitrogens is 2. The Bertz CT molecular complexity index is 1820. The largest absolute Gasteiger partial charge is 0.492 e. The van der Waals surface area contributed by atoms with Gasteiger partial charge in [0, 0.05) is 18.2 Å². The van der Waals surface area contributed by atoms with Crippen LogP contribution >= 0.6 is 23.2 Å². The molecule has 0 bridgehead atoms. The number of anilines is 1. The van der Waals surface area contributed by atoms with E-state index in [4.69, 9.17) is 27.9 Å². The van der Waals surface area contributed by atoms with E-state index in [1.807, 2.05) is 6.07 Å². The van der Waals surface area contributed by atoms with Crippen molar-refractivity contribution in [3.8, 4) is 11.4 Å². The minimum Gasteiger partial charge on any atom is -0.492 e. The zero-order valence-corrected chi connectivity index (χ0v) is 24.9. The van der Waals surface area contributed by atoms with Gasteiger partial charge in [-0.25, -0.2) is 13.1 Å². The van der Waals surface area contributed by atoms with Crippen molar-refractivity contribution in [3.05, 3.63) is 103 Å². The molecule has 0 saturated carbocycles. The Kier molecular flexibility index (Phi) is 7.91. The van der Waals surface area contributed by atoms with E-state index in [0.29, 0.717) is 52.7 Å². The number of nitrogens with zero attached hydrogens (tertiary/aromatic N) is 2. The Balaban J connectivity index is 1.45. The molecule has 1 amide bonds. The molecule has 1 aromatic heterocycles. The number of amides is 1. The van der Waals surface area contributed by atoms with E-state index >= 15 is 0 Å². The molecular weight excluding hydrogens is 587 g/mol. The van der Waals surface area contributed by atoms with Crippen molar-refractivity contribution >= 4 is 44.8 Å². The normalized spacial score (nSPS) is 15.0. The molecule has 1 unspecified atom stereocenters. The molecule has 5 rings (SSSR count).